The number of rotatable bonds is 5. The Bertz CT molecular complexity index is 1250. The summed E-state index contributed by atoms with van der Waals surface area (Å²) in [5, 5.41) is 5.24. The average molecular weight is 433 g/mol. The molecule has 8 heteroatoms. The molecule has 0 amide bonds. The van der Waals surface area contributed by atoms with Gasteiger partial charge in [-0.05, 0) is 37.0 Å². The van der Waals surface area contributed by atoms with Gasteiger partial charge in [0.25, 0.3) is 0 Å². The highest BCUT2D eigenvalue weighted by molar-refractivity contribution is 5.99. The van der Waals surface area contributed by atoms with Crippen LogP contribution in [0, 0.1) is 5.82 Å². The van der Waals surface area contributed by atoms with Crippen LogP contribution in [0.15, 0.2) is 48.5 Å². The zero-order valence-electron chi connectivity index (χ0n) is 18.0. The zero-order valence-corrected chi connectivity index (χ0v) is 18.0. The van der Waals surface area contributed by atoms with E-state index < -0.39 is 5.82 Å². The number of nitrogens with zero attached hydrogens (tertiary/aromatic N) is 5. The fourth-order valence-corrected chi connectivity index (χ4v) is 4.16. The minimum absolute atomic E-state index is 0.349. The van der Waals surface area contributed by atoms with E-state index >= 15 is 4.39 Å². The van der Waals surface area contributed by atoms with Gasteiger partial charge < -0.3 is 15.4 Å². The third kappa shape index (κ3) is 3.72. The molecule has 0 radical (unpaired) electrons. The van der Waals surface area contributed by atoms with Crippen molar-refractivity contribution in [3.63, 3.8) is 0 Å². The maximum Gasteiger partial charge on any atom is 0.228 e. The van der Waals surface area contributed by atoms with Crippen molar-refractivity contribution in [2.45, 2.75) is 25.8 Å². The number of hydrogen-bond donors (Lipinski definition) is 1. The van der Waals surface area contributed by atoms with E-state index in [1.54, 1.807) is 16.8 Å². The topological polar surface area (TPSA) is 82.1 Å². The maximum atomic E-state index is 15.1. The molecule has 2 aromatic heterocycles. The normalized spacial score (nSPS) is 14.1. The highest BCUT2D eigenvalue weighted by Gasteiger charge is 2.23. The largest absolute Gasteiger partial charge is 0.497 e. The number of fused-ring (bicyclic) bond motifs is 1. The lowest BCUT2D eigenvalue weighted by Crippen LogP contribution is -2.31. The first-order valence-corrected chi connectivity index (χ1v) is 10.8. The number of nitrogen functional groups attached to an aromatic ring is 1. The molecule has 0 saturated carbocycles. The summed E-state index contributed by atoms with van der Waals surface area (Å²) in [5.41, 5.74) is 8.86. The van der Waals surface area contributed by atoms with E-state index in [0.717, 1.165) is 31.5 Å². The van der Waals surface area contributed by atoms with Crippen molar-refractivity contribution >= 4 is 22.8 Å². The third-order valence-electron chi connectivity index (χ3n) is 5.87. The zero-order chi connectivity index (χ0) is 22.1. The SMILES string of the molecule is COc1ccc(-c2nc(N3CCCCC3)nc3nn(Cc4ccccc4)c(N)c23)c(F)c1. The second kappa shape index (κ2) is 8.45. The Labute approximate surface area is 185 Å². The maximum absolute atomic E-state index is 15.1. The van der Waals surface area contributed by atoms with Crippen LogP contribution in [0.2, 0.25) is 0 Å². The fourth-order valence-electron chi connectivity index (χ4n) is 4.16. The van der Waals surface area contributed by atoms with Crippen LogP contribution < -0.4 is 15.4 Å². The number of halogens is 1. The van der Waals surface area contributed by atoms with E-state index in [1.165, 1.54) is 19.6 Å². The molecule has 0 spiro atoms. The summed E-state index contributed by atoms with van der Waals surface area (Å²) >= 11 is 0. The molecule has 32 heavy (non-hydrogen) atoms. The van der Waals surface area contributed by atoms with Crippen molar-refractivity contribution in [3.8, 4) is 17.0 Å². The van der Waals surface area contributed by atoms with Crippen molar-refractivity contribution in [1.29, 1.82) is 0 Å². The van der Waals surface area contributed by atoms with Gasteiger partial charge in [0.2, 0.25) is 5.95 Å². The van der Waals surface area contributed by atoms with Crippen molar-refractivity contribution in [1.82, 2.24) is 19.7 Å². The number of benzene rings is 2. The van der Waals surface area contributed by atoms with Crippen LogP contribution in [0.25, 0.3) is 22.3 Å². The van der Waals surface area contributed by atoms with Crippen LogP contribution >= 0.6 is 0 Å². The molecule has 1 aliphatic heterocycles. The Morgan fingerprint density at radius 3 is 2.53 bits per heavy atom. The highest BCUT2D eigenvalue weighted by atomic mass is 19.1. The smallest absolute Gasteiger partial charge is 0.228 e. The first kappa shape index (κ1) is 20.2. The molecule has 1 saturated heterocycles. The van der Waals surface area contributed by atoms with Crippen LogP contribution in [-0.4, -0.2) is 39.9 Å². The summed E-state index contributed by atoms with van der Waals surface area (Å²) in [6.45, 7) is 2.24. The quantitative estimate of drug-likeness (QED) is 0.507. The van der Waals surface area contributed by atoms with E-state index in [9.17, 15) is 0 Å². The molecule has 0 atom stereocenters. The van der Waals surface area contributed by atoms with Gasteiger partial charge in [0.05, 0.1) is 24.7 Å². The van der Waals surface area contributed by atoms with E-state index in [-0.39, 0.29) is 0 Å². The summed E-state index contributed by atoms with van der Waals surface area (Å²) in [4.78, 5) is 11.7. The molecule has 1 aliphatic rings. The van der Waals surface area contributed by atoms with Gasteiger partial charge >= 0.3 is 0 Å². The molecule has 2 aromatic carbocycles. The van der Waals surface area contributed by atoms with Gasteiger partial charge in [0.1, 0.15) is 17.4 Å². The van der Waals surface area contributed by atoms with Crippen LogP contribution in [0.1, 0.15) is 24.8 Å². The Morgan fingerprint density at radius 2 is 1.81 bits per heavy atom. The first-order chi connectivity index (χ1) is 15.6. The van der Waals surface area contributed by atoms with E-state index in [0.29, 0.717) is 46.4 Å². The Kier molecular flexibility index (Phi) is 5.34. The van der Waals surface area contributed by atoms with E-state index in [4.69, 9.17) is 20.4 Å². The number of ether oxygens (including phenoxy) is 1. The van der Waals surface area contributed by atoms with E-state index in [2.05, 4.69) is 10.00 Å². The molecule has 1 fully saturated rings. The van der Waals surface area contributed by atoms with Crippen LogP contribution in [0.5, 0.6) is 5.75 Å². The van der Waals surface area contributed by atoms with Crippen molar-refractivity contribution < 1.29 is 9.13 Å². The monoisotopic (exact) mass is 432 g/mol. The summed E-state index contributed by atoms with van der Waals surface area (Å²) in [6, 6.07) is 14.7. The average Bonchev–Trinajstić information content (AvgIpc) is 3.14. The molecular formula is C24H25FN6O. The molecule has 0 unspecified atom stereocenters. The van der Waals surface area contributed by atoms with Gasteiger partial charge in [-0.1, -0.05) is 30.3 Å². The summed E-state index contributed by atoms with van der Waals surface area (Å²) < 4.78 is 22.0. The molecule has 2 N–H and O–H groups in total. The first-order valence-electron chi connectivity index (χ1n) is 10.8. The van der Waals surface area contributed by atoms with Gasteiger partial charge in [0.15, 0.2) is 5.65 Å². The molecular weight excluding hydrogens is 407 g/mol. The number of anilines is 2. The number of nitrogens with two attached hydrogens (primary N) is 1. The molecule has 5 rings (SSSR count). The van der Waals surface area contributed by atoms with Gasteiger partial charge in [-0.3, -0.25) is 0 Å². The van der Waals surface area contributed by atoms with Crippen molar-refractivity contribution in [3.05, 3.63) is 59.9 Å². The van der Waals surface area contributed by atoms with Crippen molar-refractivity contribution in [2.75, 3.05) is 30.8 Å². The van der Waals surface area contributed by atoms with Crippen LogP contribution in [0.4, 0.5) is 16.2 Å². The highest BCUT2D eigenvalue weighted by Crippen LogP contribution is 2.35. The van der Waals surface area contributed by atoms with Crippen molar-refractivity contribution in [2.24, 2.45) is 0 Å². The predicted molar refractivity (Wildman–Crippen MR) is 123 cm³/mol. The Morgan fingerprint density at radius 1 is 1.03 bits per heavy atom. The lowest BCUT2D eigenvalue weighted by Gasteiger charge is -2.26. The fraction of sp³-hybridized carbons (Fsp3) is 0.292. The molecule has 164 valence electrons. The van der Waals surface area contributed by atoms with Gasteiger partial charge in [-0.25, -0.2) is 14.1 Å². The Hall–Kier alpha value is -3.68. The standard InChI is InChI=1S/C24H25FN6O/c1-32-17-10-11-18(19(25)14-17)21-20-22(26)31(15-16-8-4-2-5-9-16)29-23(20)28-24(27-21)30-12-6-3-7-13-30/h2,4-5,8-11,14H,3,6-7,12-13,15,26H2,1H3. The lowest BCUT2D eigenvalue weighted by molar-refractivity contribution is 0.411. The summed E-state index contributed by atoms with van der Waals surface area (Å²) in [6.07, 6.45) is 3.35. The number of methoxy groups -OCH3 is 1. The minimum atomic E-state index is -0.427. The van der Waals surface area contributed by atoms with Gasteiger partial charge in [0, 0.05) is 24.7 Å². The number of piperidine rings is 1. The number of hydrogen-bond acceptors (Lipinski definition) is 6. The molecule has 7 nitrogen and oxygen atoms in total. The van der Waals surface area contributed by atoms with Crippen LogP contribution in [-0.2, 0) is 6.54 Å². The van der Waals surface area contributed by atoms with E-state index in [1.807, 2.05) is 30.3 Å². The van der Waals surface area contributed by atoms with Gasteiger partial charge in [-0.2, -0.15) is 4.98 Å². The minimum Gasteiger partial charge on any atom is -0.497 e. The second-order valence-corrected chi connectivity index (χ2v) is 7.99. The summed E-state index contributed by atoms with van der Waals surface area (Å²) in [7, 11) is 1.51. The molecule has 0 bridgehead atoms. The lowest BCUT2D eigenvalue weighted by atomic mass is 10.1. The van der Waals surface area contributed by atoms with Crippen LogP contribution in [0.3, 0.4) is 0 Å². The third-order valence-corrected chi connectivity index (χ3v) is 5.87. The predicted octanol–water partition coefficient (Wildman–Crippen LogP) is 4.26. The molecule has 0 aliphatic carbocycles. The molecule has 3 heterocycles. The van der Waals surface area contributed by atoms with Gasteiger partial charge in [-0.15, -0.1) is 5.10 Å². The Balaban J connectivity index is 1.68. The molecule has 4 aromatic rings. The number of aromatic nitrogens is 4. The summed E-state index contributed by atoms with van der Waals surface area (Å²) in [5.74, 6) is 0.996. The second-order valence-electron chi connectivity index (χ2n) is 7.99.